The zero-order valence-corrected chi connectivity index (χ0v) is 18.9. The van der Waals surface area contributed by atoms with Crippen molar-refractivity contribution in [2.75, 3.05) is 6.61 Å². The second kappa shape index (κ2) is 9.77. The quantitative estimate of drug-likeness (QED) is 0.324. The van der Waals surface area contributed by atoms with Crippen LogP contribution < -0.4 is 11.2 Å². The Balaban J connectivity index is 0.00000242. The van der Waals surface area contributed by atoms with Crippen molar-refractivity contribution in [3.05, 3.63) is 31.5 Å². The topological polar surface area (TPSA) is 151 Å². The van der Waals surface area contributed by atoms with E-state index < -0.39 is 44.1 Å². The Morgan fingerprint density at radius 1 is 1.43 bits per heavy atom. The molecule has 2 heterocycles. The van der Waals surface area contributed by atoms with Gasteiger partial charge >= 0.3 is 13.5 Å². The maximum absolute atomic E-state index is 11.7. The van der Waals surface area contributed by atoms with Gasteiger partial charge in [-0.15, -0.1) is 0 Å². The third-order valence-electron chi connectivity index (χ3n) is 2.85. The average molecular weight is 433 g/mol. The van der Waals surface area contributed by atoms with Gasteiger partial charge in [0, 0.05) is 71.7 Å². The summed E-state index contributed by atoms with van der Waals surface area (Å²) >= 11 is 2.97. The van der Waals surface area contributed by atoms with Crippen molar-refractivity contribution in [2.24, 2.45) is 0 Å². The third-order valence-corrected chi connectivity index (χ3v) is 3.90. The molecule has 1 fully saturated rings. The summed E-state index contributed by atoms with van der Waals surface area (Å²) in [4.78, 5) is 42.2. The maximum atomic E-state index is 11.7. The Kier molecular flexibility index (Phi) is 10.3. The molecule has 0 unspecified atom stereocenters. The molecular formula is C9H12BrN2Na2O8P. The van der Waals surface area contributed by atoms with Crippen molar-refractivity contribution in [2.45, 2.75) is 24.9 Å². The Labute approximate surface area is 182 Å². The van der Waals surface area contributed by atoms with Gasteiger partial charge in [-0.05, 0) is 15.9 Å². The van der Waals surface area contributed by atoms with Crippen LogP contribution >= 0.6 is 23.8 Å². The molecule has 120 valence electrons. The van der Waals surface area contributed by atoms with E-state index in [2.05, 4.69) is 25.4 Å². The van der Waals surface area contributed by atoms with E-state index in [-0.39, 0.29) is 70.0 Å². The minimum atomic E-state index is -4.67. The number of hydrogen-bond donors (Lipinski definition) is 4. The number of nitrogens with zero attached hydrogens (tertiary/aromatic N) is 1. The maximum Gasteiger partial charge on any atom is 0.469 e. The summed E-state index contributed by atoms with van der Waals surface area (Å²) < 4.78 is 21.4. The summed E-state index contributed by atoms with van der Waals surface area (Å²) in [6, 6.07) is 0. The van der Waals surface area contributed by atoms with Crippen LogP contribution in [0.3, 0.4) is 0 Å². The molecule has 1 aliphatic heterocycles. The van der Waals surface area contributed by atoms with Crippen LogP contribution in [0.15, 0.2) is 20.3 Å². The van der Waals surface area contributed by atoms with Crippen LogP contribution in [0.1, 0.15) is 12.6 Å². The predicted octanol–water partition coefficient (Wildman–Crippen LogP) is -1.70. The summed E-state index contributed by atoms with van der Waals surface area (Å²) in [5, 5.41) is 9.78. The molecule has 1 aromatic heterocycles. The summed E-state index contributed by atoms with van der Waals surface area (Å²) in [5.41, 5.74) is -1.33. The molecule has 0 spiro atoms. The van der Waals surface area contributed by atoms with Gasteiger partial charge < -0.3 is 19.6 Å². The molecule has 0 saturated carbocycles. The summed E-state index contributed by atoms with van der Waals surface area (Å²) in [6.45, 7) is -0.527. The number of nitrogens with one attached hydrogen (secondary N) is 1. The van der Waals surface area contributed by atoms with Crippen LogP contribution in [0.2, 0.25) is 0 Å². The first-order valence-electron chi connectivity index (χ1n) is 5.72. The van der Waals surface area contributed by atoms with E-state index in [0.717, 1.165) is 4.57 Å². The Morgan fingerprint density at radius 2 is 2.04 bits per heavy atom. The normalized spacial score (nSPS) is 23.9. The first-order chi connectivity index (χ1) is 9.67. The molecule has 10 nitrogen and oxygen atoms in total. The second-order valence-electron chi connectivity index (χ2n) is 4.36. The standard InChI is InChI=1S/C9H12BrN2O8P.2Na/c10-4-2-12(9(15)11-8(4)14)7-1-5(13)6(20-7)3-19-21(16,17)18;;/h2,5-7,13H,1,3H2,(H,11,14,15)(H2,16,17,18);;/t5-,6+,7+;;/m0../s1. The zero-order chi connectivity index (χ0) is 15.8. The minimum absolute atomic E-state index is 0. The van der Waals surface area contributed by atoms with Gasteiger partial charge in [0.05, 0.1) is 17.2 Å². The Bertz CT molecular complexity index is 691. The van der Waals surface area contributed by atoms with E-state index in [4.69, 9.17) is 14.5 Å². The van der Waals surface area contributed by atoms with E-state index in [9.17, 15) is 19.3 Å². The van der Waals surface area contributed by atoms with Crippen LogP contribution in [-0.4, -0.2) is 102 Å². The van der Waals surface area contributed by atoms with Crippen LogP contribution in [0.5, 0.6) is 0 Å². The monoisotopic (exact) mass is 432 g/mol. The molecule has 3 atom stereocenters. The van der Waals surface area contributed by atoms with Crippen LogP contribution in [0.4, 0.5) is 0 Å². The molecule has 1 saturated heterocycles. The predicted molar refractivity (Wildman–Crippen MR) is 83.1 cm³/mol. The SMILES string of the molecule is O=c1[nH]c(=O)n([C@H]2C[C@H](O)[C@@H](COP(=O)(O)O)O2)cc1Br.[Na].[Na]. The number of ether oxygens (including phenoxy) is 1. The minimum Gasteiger partial charge on any atom is -0.390 e. The first-order valence-corrected chi connectivity index (χ1v) is 8.04. The van der Waals surface area contributed by atoms with Crippen molar-refractivity contribution < 1.29 is 28.7 Å². The summed E-state index contributed by atoms with van der Waals surface area (Å²) in [6.07, 6.45) is -1.73. The molecule has 14 heteroatoms. The Hall–Kier alpha value is 1.19. The van der Waals surface area contributed by atoms with Crippen molar-refractivity contribution in [1.29, 1.82) is 0 Å². The fraction of sp³-hybridized carbons (Fsp3) is 0.556. The first kappa shape index (κ1) is 24.2. The molecule has 2 radical (unpaired) electrons. The average Bonchev–Trinajstić information content (AvgIpc) is 2.72. The van der Waals surface area contributed by atoms with Gasteiger partial charge in [-0.25, -0.2) is 9.36 Å². The Morgan fingerprint density at radius 3 is 2.61 bits per heavy atom. The fourth-order valence-electron chi connectivity index (χ4n) is 1.88. The largest absolute Gasteiger partial charge is 0.469 e. The molecule has 1 aliphatic rings. The van der Waals surface area contributed by atoms with Crippen molar-refractivity contribution in [1.82, 2.24) is 9.55 Å². The molecule has 0 aliphatic carbocycles. The van der Waals surface area contributed by atoms with E-state index in [1.165, 1.54) is 6.20 Å². The van der Waals surface area contributed by atoms with Gasteiger partial charge in [0.15, 0.2) is 0 Å². The van der Waals surface area contributed by atoms with Crippen molar-refractivity contribution in [3.8, 4) is 0 Å². The molecule has 0 aromatic carbocycles. The molecule has 1 aromatic rings. The molecular weight excluding hydrogens is 421 g/mol. The van der Waals surface area contributed by atoms with Gasteiger partial charge in [-0.2, -0.15) is 0 Å². The fourth-order valence-corrected chi connectivity index (χ4v) is 2.54. The number of aliphatic hydroxyl groups is 1. The van der Waals surface area contributed by atoms with E-state index in [0.29, 0.717) is 0 Å². The van der Waals surface area contributed by atoms with Crippen molar-refractivity contribution in [3.63, 3.8) is 0 Å². The number of halogens is 1. The molecule has 23 heavy (non-hydrogen) atoms. The van der Waals surface area contributed by atoms with Crippen LogP contribution in [0.25, 0.3) is 0 Å². The number of hydrogen-bond acceptors (Lipinski definition) is 6. The molecule has 0 amide bonds. The number of phosphoric acid groups is 1. The van der Waals surface area contributed by atoms with Crippen molar-refractivity contribution >= 4 is 82.9 Å². The van der Waals surface area contributed by atoms with Crippen LogP contribution in [-0.2, 0) is 13.8 Å². The van der Waals surface area contributed by atoms with Gasteiger partial charge in [-0.3, -0.25) is 18.9 Å². The summed E-state index contributed by atoms with van der Waals surface area (Å²) in [5.74, 6) is 0. The number of aliphatic hydroxyl groups excluding tert-OH is 1. The van der Waals surface area contributed by atoms with E-state index in [1.807, 2.05) is 0 Å². The van der Waals surface area contributed by atoms with Gasteiger partial charge in [0.25, 0.3) is 5.56 Å². The smallest absolute Gasteiger partial charge is 0.390 e. The molecule has 0 bridgehead atoms. The number of H-pyrrole nitrogens is 1. The number of aromatic nitrogens is 2. The number of phosphoric ester groups is 1. The summed E-state index contributed by atoms with van der Waals surface area (Å²) in [7, 11) is -4.67. The number of rotatable bonds is 4. The third kappa shape index (κ3) is 6.78. The van der Waals surface area contributed by atoms with Gasteiger partial charge in [0.2, 0.25) is 0 Å². The molecule has 2 rings (SSSR count). The van der Waals surface area contributed by atoms with Gasteiger partial charge in [-0.1, -0.05) is 0 Å². The van der Waals surface area contributed by atoms with E-state index in [1.54, 1.807) is 0 Å². The van der Waals surface area contributed by atoms with Crippen LogP contribution in [0, 0.1) is 0 Å². The number of aromatic amines is 1. The zero-order valence-electron chi connectivity index (χ0n) is 12.4. The second-order valence-corrected chi connectivity index (χ2v) is 6.46. The van der Waals surface area contributed by atoms with Gasteiger partial charge in [0.1, 0.15) is 12.3 Å². The molecule has 4 N–H and O–H groups in total. The van der Waals surface area contributed by atoms with E-state index >= 15 is 0 Å².